The van der Waals surface area contributed by atoms with Gasteiger partial charge in [-0.05, 0) is 41.8 Å². The lowest BCUT2D eigenvalue weighted by atomic mass is 10.1. The molecule has 0 radical (unpaired) electrons. The van der Waals surface area contributed by atoms with Gasteiger partial charge in [0.15, 0.2) is 6.61 Å². The molecule has 0 unspecified atom stereocenters. The molecule has 0 fully saturated rings. The van der Waals surface area contributed by atoms with Crippen molar-refractivity contribution in [2.24, 2.45) is 0 Å². The third kappa shape index (κ3) is 6.18. The first-order valence-electron chi connectivity index (χ1n) is 8.69. The number of nitrogens with one attached hydrogen (secondary N) is 2. The molecule has 0 atom stereocenters. The monoisotopic (exact) mass is 410 g/mol. The first-order valence-corrected chi connectivity index (χ1v) is 9.57. The number of carbonyl (C=O) groups excluding carboxylic acids is 3. The molecule has 0 aliphatic rings. The lowest BCUT2D eigenvalue weighted by molar-refractivity contribution is -0.142. The van der Waals surface area contributed by atoms with Gasteiger partial charge in [-0.3, -0.25) is 9.59 Å². The molecule has 7 nitrogen and oxygen atoms in total. The van der Waals surface area contributed by atoms with Crippen molar-refractivity contribution in [1.82, 2.24) is 5.32 Å². The number of benzene rings is 1. The minimum absolute atomic E-state index is 0.225. The van der Waals surface area contributed by atoms with Crippen LogP contribution in [-0.4, -0.2) is 24.4 Å². The van der Waals surface area contributed by atoms with E-state index < -0.39 is 18.5 Å². The molecule has 0 saturated heterocycles. The Labute approximate surface area is 171 Å². The summed E-state index contributed by atoms with van der Waals surface area (Å²) in [6, 6.07) is 13.8. The average molecular weight is 410 g/mol. The number of esters is 1. The molecule has 0 spiro atoms. The van der Waals surface area contributed by atoms with Crippen molar-refractivity contribution < 1.29 is 23.5 Å². The second-order valence-corrected chi connectivity index (χ2v) is 6.79. The summed E-state index contributed by atoms with van der Waals surface area (Å²) in [5.41, 5.74) is 0.607. The number of rotatable bonds is 8. The summed E-state index contributed by atoms with van der Waals surface area (Å²) >= 11 is 1.48. The maximum Gasteiger partial charge on any atom is 0.331 e. The van der Waals surface area contributed by atoms with E-state index in [1.807, 2.05) is 17.5 Å². The number of para-hydroxylation sites is 1. The van der Waals surface area contributed by atoms with Gasteiger partial charge in [0.1, 0.15) is 5.76 Å². The predicted octanol–water partition coefficient (Wildman–Crippen LogP) is 3.47. The highest BCUT2D eigenvalue weighted by Gasteiger charge is 2.14. The molecule has 148 valence electrons. The van der Waals surface area contributed by atoms with Crippen LogP contribution < -0.4 is 10.6 Å². The minimum Gasteiger partial charge on any atom is -0.467 e. The Kier molecular flexibility index (Phi) is 6.96. The lowest BCUT2D eigenvalue weighted by Gasteiger charge is -2.11. The molecule has 8 heteroatoms. The molecule has 0 saturated carbocycles. The first kappa shape index (κ1) is 20.1. The molecular weight excluding hydrogens is 392 g/mol. The van der Waals surface area contributed by atoms with Crippen molar-refractivity contribution in [2.75, 3.05) is 11.9 Å². The molecule has 3 aromatic rings. The number of amides is 2. The summed E-state index contributed by atoms with van der Waals surface area (Å²) < 4.78 is 10.1. The Morgan fingerprint density at radius 3 is 2.69 bits per heavy atom. The third-order valence-corrected chi connectivity index (χ3v) is 4.56. The maximum atomic E-state index is 12.4. The van der Waals surface area contributed by atoms with E-state index in [1.165, 1.54) is 23.7 Å². The Bertz CT molecular complexity index is 994. The number of hydrogen-bond acceptors (Lipinski definition) is 6. The summed E-state index contributed by atoms with van der Waals surface area (Å²) in [5, 5.41) is 7.19. The highest BCUT2D eigenvalue weighted by Crippen LogP contribution is 2.15. The van der Waals surface area contributed by atoms with E-state index in [9.17, 15) is 14.4 Å². The third-order valence-electron chi connectivity index (χ3n) is 3.72. The van der Waals surface area contributed by atoms with Crippen LogP contribution in [0.3, 0.4) is 0 Å². The van der Waals surface area contributed by atoms with Gasteiger partial charge in [0.2, 0.25) is 0 Å². The fourth-order valence-electron chi connectivity index (χ4n) is 2.37. The van der Waals surface area contributed by atoms with Crippen LogP contribution in [-0.2, 0) is 20.9 Å². The smallest absolute Gasteiger partial charge is 0.331 e. The number of ether oxygens (including phenoxy) is 1. The lowest BCUT2D eigenvalue weighted by Crippen LogP contribution is -2.26. The van der Waals surface area contributed by atoms with E-state index in [0.717, 1.165) is 4.88 Å². The fraction of sp³-hybridized carbons (Fsp3) is 0.0952. The van der Waals surface area contributed by atoms with Gasteiger partial charge in [-0.2, -0.15) is 0 Å². The molecule has 0 bridgehead atoms. The van der Waals surface area contributed by atoms with Crippen molar-refractivity contribution in [1.29, 1.82) is 0 Å². The minimum atomic E-state index is -0.627. The summed E-state index contributed by atoms with van der Waals surface area (Å²) in [4.78, 5) is 37.1. The van der Waals surface area contributed by atoms with Crippen molar-refractivity contribution in [2.45, 2.75) is 6.54 Å². The molecule has 29 heavy (non-hydrogen) atoms. The summed E-state index contributed by atoms with van der Waals surface area (Å²) in [6.45, 7) is -0.238. The standard InChI is InChI=1S/C21H18N2O5S/c24-19(14-28-20(25)10-9-16-6-4-12-29-16)23-18-8-2-1-7-17(18)21(26)22-13-15-5-3-11-27-15/h1-12H,13-14H2,(H,22,26)(H,23,24)/b10-9+. The fourth-order valence-corrected chi connectivity index (χ4v) is 2.99. The van der Waals surface area contributed by atoms with E-state index in [1.54, 1.807) is 42.5 Å². The molecule has 0 aliphatic heterocycles. The van der Waals surface area contributed by atoms with Crippen LogP contribution in [0.15, 0.2) is 70.7 Å². The molecule has 0 aliphatic carbocycles. The molecular formula is C21H18N2O5S. The second-order valence-electron chi connectivity index (χ2n) is 5.81. The highest BCUT2D eigenvalue weighted by atomic mass is 32.1. The van der Waals surface area contributed by atoms with Gasteiger partial charge in [-0.1, -0.05) is 18.2 Å². The Morgan fingerprint density at radius 1 is 1.07 bits per heavy atom. The van der Waals surface area contributed by atoms with Crippen LogP contribution in [0.4, 0.5) is 5.69 Å². The van der Waals surface area contributed by atoms with Crippen LogP contribution in [0.5, 0.6) is 0 Å². The van der Waals surface area contributed by atoms with Gasteiger partial charge in [0.05, 0.1) is 24.1 Å². The SMILES string of the molecule is O=C(COC(=O)/C=C/c1cccs1)Nc1ccccc1C(=O)NCc1ccco1. The van der Waals surface area contributed by atoms with Crippen LogP contribution in [0.1, 0.15) is 21.0 Å². The number of hydrogen-bond donors (Lipinski definition) is 2. The predicted molar refractivity (Wildman–Crippen MR) is 109 cm³/mol. The highest BCUT2D eigenvalue weighted by molar-refractivity contribution is 7.10. The van der Waals surface area contributed by atoms with E-state index in [2.05, 4.69) is 10.6 Å². The van der Waals surface area contributed by atoms with Gasteiger partial charge in [0.25, 0.3) is 11.8 Å². The molecule has 1 aromatic carbocycles. The molecule has 2 N–H and O–H groups in total. The first-order chi connectivity index (χ1) is 14.1. The van der Waals surface area contributed by atoms with Gasteiger partial charge in [-0.25, -0.2) is 4.79 Å². The van der Waals surface area contributed by atoms with E-state index in [-0.39, 0.29) is 18.0 Å². The van der Waals surface area contributed by atoms with Gasteiger partial charge in [0, 0.05) is 11.0 Å². The summed E-state index contributed by atoms with van der Waals surface area (Å²) in [7, 11) is 0. The Hall–Kier alpha value is -3.65. The van der Waals surface area contributed by atoms with Crippen molar-refractivity contribution in [3.8, 4) is 0 Å². The number of furan rings is 1. The largest absolute Gasteiger partial charge is 0.467 e. The second kappa shape index (κ2) is 10.0. The molecule has 2 heterocycles. The molecule has 2 amide bonds. The van der Waals surface area contributed by atoms with Gasteiger partial charge >= 0.3 is 5.97 Å². The molecule has 2 aromatic heterocycles. The quantitative estimate of drug-likeness (QED) is 0.438. The molecule has 3 rings (SSSR count). The van der Waals surface area contributed by atoms with Gasteiger partial charge in [-0.15, -0.1) is 11.3 Å². The Morgan fingerprint density at radius 2 is 1.93 bits per heavy atom. The van der Waals surface area contributed by atoms with Crippen molar-refractivity contribution in [3.63, 3.8) is 0 Å². The van der Waals surface area contributed by atoms with Gasteiger partial charge < -0.3 is 19.8 Å². The number of carbonyl (C=O) groups is 3. The van der Waals surface area contributed by atoms with E-state index in [4.69, 9.17) is 9.15 Å². The zero-order chi connectivity index (χ0) is 20.5. The maximum absolute atomic E-state index is 12.4. The number of thiophene rings is 1. The number of anilines is 1. The topological polar surface area (TPSA) is 97.6 Å². The van der Waals surface area contributed by atoms with Crippen LogP contribution in [0, 0.1) is 0 Å². The van der Waals surface area contributed by atoms with E-state index in [0.29, 0.717) is 11.4 Å². The van der Waals surface area contributed by atoms with Crippen molar-refractivity contribution >= 4 is 40.9 Å². The Balaban J connectivity index is 1.52. The van der Waals surface area contributed by atoms with E-state index >= 15 is 0 Å². The average Bonchev–Trinajstić information content (AvgIpc) is 3.43. The van der Waals surface area contributed by atoms with Crippen LogP contribution in [0.2, 0.25) is 0 Å². The van der Waals surface area contributed by atoms with Crippen LogP contribution >= 0.6 is 11.3 Å². The summed E-state index contributed by atoms with van der Waals surface area (Å²) in [6.07, 6.45) is 4.39. The zero-order valence-electron chi connectivity index (χ0n) is 15.3. The zero-order valence-corrected chi connectivity index (χ0v) is 16.1. The van der Waals surface area contributed by atoms with Crippen LogP contribution in [0.25, 0.3) is 6.08 Å². The summed E-state index contributed by atoms with van der Waals surface area (Å²) in [5.74, 6) is -0.928. The normalized spacial score (nSPS) is 10.6. The van der Waals surface area contributed by atoms with Crippen molar-refractivity contribution in [3.05, 3.63) is 82.5 Å².